The summed E-state index contributed by atoms with van der Waals surface area (Å²) in [6.07, 6.45) is 9.03. The molecule has 2 aromatic rings. The van der Waals surface area contributed by atoms with Crippen molar-refractivity contribution < 1.29 is 19.4 Å². The van der Waals surface area contributed by atoms with Crippen molar-refractivity contribution in [2.45, 2.75) is 64.5 Å². The lowest BCUT2D eigenvalue weighted by Gasteiger charge is -2.37. The number of ether oxygens (including phenoxy) is 1. The van der Waals surface area contributed by atoms with E-state index in [2.05, 4.69) is 21.8 Å². The van der Waals surface area contributed by atoms with Crippen molar-refractivity contribution in [2.75, 3.05) is 26.7 Å². The number of pyridine rings is 2. The minimum atomic E-state index is -0.403. The summed E-state index contributed by atoms with van der Waals surface area (Å²) >= 11 is 0. The van der Waals surface area contributed by atoms with Gasteiger partial charge in [0.05, 0.1) is 25.6 Å². The molecule has 38 heavy (non-hydrogen) atoms. The summed E-state index contributed by atoms with van der Waals surface area (Å²) in [4.78, 5) is 38.6. The molecule has 3 heterocycles. The van der Waals surface area contributed by atoms with Crippen LogP contribution in [0.25, 0.3) is 0 Å². The maximum atomic E-state index is 13.6. The van der Waals surface area contributed by atoms with Crippen molar-refractivity contribution >= 4 is 11.8 Å². The van der Waals surface area contributed by atoms with Gasteiger partial charge in [0.25, 0.3) is 5.91 Å². The number of carbonyl (C=O) groups excluding carboxylic acids is 2. The SMILES string of the molecule is C[C@@H]1CN([C@@H](C)CO)C(=O)c2cc(C#CC3CCCCC3)cnc2O[C@@H]1CN(C)C(=O)Cc1ccccn1. The van der Waals surface area contributed by atoms with Gasteiger partial charge in [-0.25, -0.2) is 4.98 Å². The zero-order valence-corrected chi connectivity index (χ0v) is 22.6. The molecule has 0 saturated heterocycles. The fourth-order valence-electron chi connectivity index (χ4n) is 4.99. The molecule has 0 bridgehead atoms. The zero-order chi connectivity index (χ0) is 27.1. The van der Waals surface area contributed by atoms with Crippen LogP contribution in [-0.4, -0.2) is 75.6 Å². The first-order valence-corrected chi connectivity index (χ1v) is 13.6. The van der Waals surface area contributed by atoms with Crippen LogP contribution in [-0.2, 0) is 11.2 Å². The molecule has 0 radical (unpaired) electrons. The first-order valence-electron chi connectivity index (χ1n) is 13.6. The van der Waals surface area contributed by atoms with Gasteiger partial charge in [0.2, 0.25) is 11.8 Å². The van der Waals surface area contributed by atoms with Crippen LogP contribution < -0.4 is 4.74 Å². The number of hydrogen-bond donors (Lipinski definition) is 1. The number of hydrogen-bond acceptors (Lipinski definition) is 6. The average molecular weight is 519 g/mol. The monoisotopic (exact) mass is 518 g/mol. The first kappa shape index (κ1) is 27.6. The Bertz CT molecular complexity index is 1170. The molecule has 0 unspecified atom stereocenters. The average Bonchev–Trinajstić information content (AvgIpc) is 2.94. The second-order valence-corrected chi connectivity index (χ2v) is 10.6. The van der Waals surface area contributed by atoms with E-state index in [1.807, 2.05) is 32.0 Å². The molecule has 2 aromatic heterocycles. The highest BCUT2D eigenvalue weighted by Gasteiger charge is 2.34. The topological polar surface area (TPSA) is 95.9 Å². The summed E-state index contributed by atoms with van der Waals surface area (Å²) in [6, 6.07) is 6.88. The third kappa shape index (κ3) is 6.90. The molecule has 1 fully saturated rings. The lowest BCUT2D eigenvalue weighted by atomic mass is 9.90. The molecule has 0 aromatic carbocycles. The van der Waals surface area contributed by atoms with E-state index in [-0.39, 0.29) is 42.7 Å². The van der Waals surface area contributed by atoms with Gasteiger partial charge in [0.1, 0.15) is 11.7 Å². The molecule has 202 valence electrons. The third-order valence-corrected chi connectivity index (χ3v) is 7.48. The number of carbonyl (C=O) groups is 2. The molecule has 4 rings (SSSR count). The van der Waals surface area contributed by atoms with Gasteiger partial charge >= 0.3 is 0 Å². The predicted molar refractivity (Wildman–Crippen MR) is 144 cm³/mol. The van der Waals surface area contributed by atoms with Crippen LogP contribution in [0.5, 0.6) is 5.88 Å². The summed E-state index contributed by atoms with van der Waals surface area (Å²) < 4.78 is 6.32. The molecule has 8 heteroatoms. The van der Waals surface area contributed by atoms with Gasteiger partial charge in [-0.3, -0.25) is 14.6 Å². The fourth-order valence-corrected chi connectivity index (χ4v) is 4.99. The molecule has 8 nitrogen and oxygen atoms in total. The van der Waals surface area contributed by atoms with Crippen molar-refractivity contribution in [1.82, 2.24) is 19.8 Å². The smallest absolute Gasteiger partial charge is 0.259 e. The van der Waals surface area contributed by atoms with Crippen LogP contribution >= 0.6 is 0 Å². The molecular weight excluding hydrogens is 480 g/mol. The van der Waals surface area contributed by atoms with Gasteiger partial charge in [-0.1, -0.05) is 44.1 Å². The molecule has 2 aliphatic rings. The number of rotatable bonds is 6. The number of nitrogens with zero attached hydrogens (tertiary/aromatic N) is 4. The second-order valence-electron chi connectivity index (χ2n) is 10.6. The summed E-state index contributed by atoms with van der Waals surface area (Å²) in [7, 11) is 1.75. The highest BCUT2D eigenvalue weighted by Crippen LogP contribution is 2.28. The molecular formula is C30H38N4O4. The molecule has 1 saturated carbocycles. The molecule has 0 spiro atoms. The second kappa shape index (κ2) is 12.9. The standard InChI is InChI=1S/C30H38N4O4/c1-21-18-34(22(2)20-35)30(37)26-15-24(13-12-23-9-5-4-6-10-23)17-32-29(26)38-27(21)19-33(3)28(36)16-25-11-7-8-14-31-25/h7-8,11,14-15,17,21-23,27,35H,4-6,9-10,16,18-20H2,1-3H3/t21-,22+,27-/m1/s1. The van der Waals surface area contributed by atoms with Crippen LogP contribution in [0, 0.1) is 23.7 Å². The number of aliphatic hydroxyl groups excluding tert-OH is 1. The fraction of sp³-hybridized carbons (Fsp3) is 0.533. The van der Waals surface area contributed by atoms with Crippen LogP contribution in [0.2, 0.25) is 0 Å². The summed E-state index contributed by atoms with van der Waals surface area (Å²) in [6.45, 7) is 4.36. The summed E-state index contributed by atoms with van der Waals surface area (Å²) in [5.41, 5.74) is 1.72. The zero-order valence-electron chi connectivity index (χ0n) is 22.6. The van der Waals surface area contributed by atoms with E-state index < -0.39 is 6.10 Å². The van der Waals surface area contributed by atoms with Crippen LogP contribution in [0.3, 0.4) is 0 Å². The van der Waals surface area contributed by atoms with Crippen molar-refractivity contribution in [2.24, 2.45) is 11.8 Å². The van der Waals surface area contributed by atoms with Crippen molar-refractivity contribution in [3.8, 4) is 17.7 Å². The Morgan fingerprint density at radius 1 is 1.26 bits per heavy atom. The molecule has 1 aliphatic carbocycles. The van der Waals surface area contributed by atoms with Crippen molar-refractivity contribution in [3.05, 3.63) is 53.5 Å². The molecule has 2 amide bonds. The maximum absolute atomic E-state index is 13.6. The predicted octanol–water partition coefficient (Wildman–Crippen LogP) is 3.33. The largest absolute Gasteiger partial charge is 0.472 e. The Kier molecular flexibility index (Phi) is 9.35. The van der Waals surface area contributed by atoms with E-state index in [0.717, 1.165) is 12.8 Å². The Morgan fingerprint density at radius 2 is 2.05 bits per heavy atom. The van der Waals surface area contributed by atoms with Gasteiger partial charge in [0.15, 0.2) is 0 Å². The van der Waals surface area contributed by atoms with Gasteiger partial charge in [-0.2, -0.15) is 0 Å². The van der Waals surface area contributed by atoms with Crippen LogP contribution in [0.4, 0.5) is 0 Å². The normalized spacial score (nSPS) is 20.7. The summed E-state index contributed by atoms with van der Waals surface area (Å²) in [5, 5.41) is 9.89. The highest BCUT2D eigenvalue weighted by atomic mass is 16.5. The minimum Gasteiger partial charge on any atom is -0.472 e. The summed E-state index contributed by atoms with van der Waals surface area (Å²) in [5.74, 6) is 6.78. The van der Waals surface area contributed by atoms with E-state index >= 15 is 0 Å². The molecule has 3 atom stereocenters. The third-order valence-electron chi connectivity index (χ3n) is 7.48. The number of amides is 2. The highest BCUT2D eigenvalue weighted by molar-refractivity contribution is 5.97. The van der Waals surface area contributed by atoms with E-state index in [1.165, 1.54) is 19.3 Å². The van der Waals surface area contributed by atoms with E-state index in [9.17, 15) is 14.7 Å². The Morgan fingerprint density at radius 3 is 2.76 bits per heavy atom. The Hall–Kier alpha value is -3.44. The van der Waals surface area contributed by atoms with Crippen LogP contribution in [0.15, 0.2) is 36.7 Å². The van der Waals surface area contributed by atoms with E-state index in [0.29, 0.717) is 35.8 Å². The Labute approximate surface area is 225 Å². The van der Waals surface area contributed by atoms with Crippen molar-refractivity contribution in [3.63, 3.8) is 0 Å². The first-order chi connectivity index (χ1) is 18.4. The van der Waals surface area contributed by atoms with E-state index in [1.54, 1.807) is 35.3 Å². The molecule has 1 aliphatic heterocycles. The number of aromatic nitrogens is 2. The van der Waals surface area contributed by atoms with Crippen LogP contribution in [0.1, 0.15) is 67.6 Å². The van der Waals surface area contributed by atoms with Gasteiger partial charge in [0, 0.05) is 49.1 Å². The van der Waals surface area contributed by atoms with Gasteiger partial charge in [-0.15, -0.1) is 0 Å². The van der Waals surface area contributed by atoms with Gasteiger partial charge < -0.3 is 19.6 Å². The molecule has 1 N–H and O–H groups in total. The number of likely N-dealkylation sites (N-methyl/N-ethyl adjacent to an activating group) is 1. The maximum Gasteiger partial charge on any atom is 0.259 e. The van der Waals surface area contributed by atoms with Gasteiger partial charge in [-0.05, 0) is 38.0 Å². The van der Waals surface area contributed by atoms with E-state index in [4.69, 9.17) is 4.74 Å². The lowest BCUT2D eigenvalue weighted by Crippen LogP contribution is -2.50. The van der Waals surface area contributed by atoms with Crippen molar-refractivity contribution in [1.29, 1.82) is 0 Å². The number of fused-ring (bicyclic) bond motifs is 1. The minimum absolute atomic E-state index is 0.0697. The quantitative estimate of drug-likeness (QED) is 0.590. The number of aliphatic hydroxyl groups is 1. The lowest BCUT2D eigenvalue weighted by molar-refractivity contribution is -0.130. The Balaban J connectivity index is 1.57.